The average molecular weight is 779 g/mol. The zero-order chi connectivity index (χ0) is 39.7. The Balaban J connectivity index is 0.926. The van der Waals surface area contributed by atoms with Crippen molar-refractivity contribution in [3.05, 3.63) is 205 Å². The lowest BCUT2D eigenvalue weighted by molar-refractivity contribution is 0.666. The van der Waals surface area contributed by atoms with Crippen molar-refractivity contribution >= 4 is 85.4 Å². The van der Waals surface area contributed by atoms with E-state index in [4.69, 9.17) is 0 Å². The first-order valence-corrected chi connectivity index (χ1v) is 21.8. The van der Waals surface area contributed by atoms with E-state index in [1.807, 2.05) is 11.3 Å². The van der Waals surface area contributed by atoms with E-state index >= 15 is 0 Å². The molecule has 1 aromatic heterocycles. The third kappa shape index (κ3) is 4.73. The highest BCUT2D eigenvalue weighted by Crippen LogP contribution is 2.54. The van der Waals surface area contributed by atoms with Crippen LogP contribution in [0.5, 0.6) is 0 Å². The summed E-state index contributed by atoms with van der Waals surface area (Å²) in [6.07, 6.45) is 0. The smallest absolute Gasteiger partial charge is 0.0433 e. The lowest BCUT2D eigenvalue weighted by Gasteiger charge is -2.23. The fourth-order valence-corrected chi connectivity index (χ4v) is 12.1. The van der Waals surface area contributed by atoms with E-state index in [-0.39, 0.29) is 5.41 Å². The van der Waals surface area contributed by atoms with Crippen LogP contribution in [-0.2, 0) is 5.41 Å². The van der Waals surface area contributed by atoms with Gasteiger partial charge in [0.15, 0.2) is 0 Å². The van der Waals surface area contributed by atoms with Crippen LogP contribution in [0.1, 0.15) is 25.0 Å². The van der Waals surface area contributed by atoms with Crippen LogP contribution in [0.4, 0.5) is 0 Å². The molecule has 60 heavy (non-hydrogen) atoms. The van der Waals surface area contributed by atoms with Crippen molar-refractivity contribution in [2.75, 3.05) is 0 Å². The summed E-state index contributed by atoms with van der Waals surface area (Å²) >= 11 is 1.92. The molecular formula is C59H38S. The van der Waals surface area contributed by atoms with Gasteiger partial charge >= 0.3 is 0 Å². The molecule has 0 fully saturated rings. The molecule has 1 heterocycles. The number of benzene rings is 11. The number of thiophene rings is 1. The largest absolute Gasteiger partial charge is 0.135 e. The standard InChI is InChI=1S/C59H38S/c1-59(2)53-31-26-39(34-52(53)49-28-30-51-48(57(49)59)27-29-50-42-15-9-10-21-54(42)60-58(50)51)37-22-23-38-33-40(25-24-36(38)32-37)55-44-16-5-7-18-46(44)56(47-19-8-6-17-45(47)55)43-20-11-13-35-12-3-4-14-41(35)43/h3-34H,1-2H3. The van der Waals surface area contributed by atoms with Gasteiger partial charge in [-0.1, -0.05) is 184 Å². The van der Waals surface area contributed by atoms with E-state index in [0.29, 0.717) is 0 Å². The fourth-order valence-electron chi connectivity index (χ4n) is 10.9. The van der Waals surface area contributed by atoms with Crippen LogP contribution in [0.15, 0.2) is 194 Å². The molecule has 11 aromatic carbocycles. The zero-order valence-corrected chi connectivity index (χ0v) is 34.2. The molecule has 1 aliphatic rings. The minimum atomic E-state index is -0.103. The van der Waals surface area contributed by atoms with Crippen LogP contribution in [0.25, 0.3) is 119 Å². The summed E-state index contributed by atoms with van der Waals surface area (Å²) in [7, 11) is 0. The molecule has 0 unspecified atom stereocenters. The third-order valence-corrected chi connectivity index (χ3v) is 14.8. The predicted octanol–water partition coefficient (Wildman–Crippen LogP) is 17.1. The first-order valence-electron chi connectivity index (χ1n) is 21.0. The Morgan fingerprint density at radius 2 is 0.883 bits per heavy atom. The SMILES string of the molecule is CC1(C)c2ccc(-c3ccc4cc(-c5c6ccccc6c(-c6cccc7ccccc67)c6ccccc56)ccc4c3)cc2-c2ccc3c(ccc4c5ccccc5sc34)c21. The van der Waals surface area contributed by atoms with Gasteiger partial charge in [-0.3, -0.25) is 0 Å². The highest BCUT2D eigenvalue weighted by atomic mass is 32.1. The van der Waals surface area contributed by atoms with E-state index in [1.165, 1.54) is 130 Å². The van der Waals surface area contributed by atoms with Gasteiger partial charge < -0.3 is 0 Å². The molecule has 0 saturated heterocycles. The summed E-state index contributed by atoms with van der Waals surface area (Å²) in [6.45, 7) is 4.81. The van der Waals surface area contributed by atoms with E-state index in [1.54, 1.807) is 0 Å². The molecule has 0 bridgehead atoms. The quantitative estimate of drug-likeness (QED) is 0.157. The second-order valence-electron chi connectivity index (χ2n) is 17.2. The first kappa shape index (κ1) is 33.9. The van der Waals surface area contributed by atoms with Crippen molar-refractivity contribution in [1.29, 1.82) is 0 Å². The van der Waals surface area contributed by atoms with Crippen LogP contribution in [0.3, 0.4) is 0 Å². The molecule has 13 rings (SSSR count). The molecule has 0 N–H and O–H groups in total. The Bertz CT molecular complexity index is 3740. The van der Waals surface area contributed by atoms with E-state index < -0.39 is 0 Å². The Kier molecular flexibility index (Phi) is 7.04. The van der Waals surface area contributed by atoms with Crippen molar-refractivity contribution in [3.63, 3.8) is 0 Å². The van der Waals surface area contributed by atoms with Gasteiger partial charge in [0.2, 0.25) is 0 Å². The Labute approximate surface area is 352 Å². The van der Waals surface area contributed by atoms with Crippen LogP contribution < -0.4 is 0 Å². The molecule has 0 radical (unpaired) electrons. The minimum absolute atomic E-state index is 0.103. The number of rotatable bonds is 3. The highest BCUT2D eigenvalue weighted by Gasteiger charge is 2.37. The highest BCUT2D eigenvalue weighted by molar-refractivity contribution is 7.26. The van der Waals surface area contributed by atoms with Gasteiger partial charge in [0, 0.05) is 25.6 Å². The second kappa shape index (κ2) is 12.5. The molecule has 0 nitrogen and oxygen atoms in total. The molecule has 0 spiro atoms. The van der Waals surface area contributed by atoms with Crippen molar-refractivity contribution in [3.8, 4) is 44.5 Å². The van der Waals surface area contributed by atoms with Gasteiger partial charge in [-0.25, -0.2) is 0 Å². The van der Waals surface area contributed by atoms with Crippen molar-refractivity contribution in [2.24, 2.45) is 0 Å². The molecule has 1 heteroatoms. The van der Waals surface area contributed by atoms with Gasteiger partial charge in [-0.05, 0) is 134 Å². The minimum Gasteiger partial charge on any atom is -0.135 e. The molecule has 12 aromatic rings. The summed E-state index contributed by atoms with van der Waals surface area (Å²) in [5.74, 6) is 0. The Morgan fingerprint density at radius 1 is 0.333 bits per heavy atom. The van der Waals surface area contributed by atoms with Crippen molar-refractivity contribution in [1.82, 2.24) is 0 Å². The summed E-state index contributed by atoms with van der Waals surface area (Å²) in [4.78, 5) is 0. The molecule has 1 aliphatic carbocycles. The van der Waals surface area contributed by atoms with Gasteiger partial charge in [0.05, 0.1) is 0 Å². The number of hydrogen-bond acceptors (Lipinski definition) is 1. The molecule has 280 valence electrons. The van der Waals surface area contributed by atoms with Crippen LogP contribution in [-0.4, -0.2) is 0 Å². The molecule has 0 amide bonds. The van der Waals surface area contributed by atoms with Gasteiger partial charge in [-0.2, -0.15) is 0 Å². The maximum Gasteiger partial charge on any atom is 0.0433 e. The fraction of sp³-hybridized carbons (Fsp3) is 0.0508. The van der Waals surface area contributed by atoms with Gasteiger partial charge in [0.1, 0.15) is 0 Å². The van der Waals surface area contributed by atoms with Gasteiger partial charge in [-0.15, -0.1) is 11.3 Å². The second-order valence-corrected chi connectivity index (χ2v) is 18.2. The maximum atomic E-state index is 2.44. The van der Waals surface area contributed by atoms with Crippen LogP contribution in [0.2, 0.25) is 0 Å². The van der Waals surface area contributed by atoms with Crippen LogP contribution in [0, 0.1) is 0 Å². The summed E-state index contributed by atoms with van der Waals surface area (Å²) in [5, 5.41) is 15.6. The summed E-state index contributed by atoms with van der Waals surface area (Å²) < 4.78 is 2.75. The van der Waals surface area contributed by atoms with Crippen molar-refractivity contribution in [2.45, 2.75) is 19.3 Å². The van der Waals surface area contributed by atoms with E-state index in [0.717, 1.165) is 0 Å². The summed E-state index contributed by atoms with van der Waals surface area (Å²) in [6, 6.07) is 72.9. The molecular weight excluding hydrogens is 741 g/mol. The Morgan fingerprint density at radius 3 is 1.65 bits per heavy atom. The average Bonchev–Trinajstić information content (AvgIpc) is 3.79. The van der Waals surface area contributed by atoms with Gasteiger partial charge in [0.25, 0.3) is 0 Å². The summed E-state index contributed by atoms with van der Waals surface area (Å²) in [5.41, 5.74) is 13.1. The molecule has 0 aliphatic heterocycles. The third-order valence-electron chi connectivity index (χ3n) is 13.6. The molecule has 0 saturated carbocycles. The van der Waals surface area contributed by atoms with Crippen LogP contribution >= 0.6 is 11.3 Å². The van der Waals surface area contributed by atoms with E-state index in [2.05, 4.69) is 208 Å². The predicted molar refractivity (Wildman–Crippen MR) is 261 cm³/mol. The lowest BCUT2D eigenvalue weighted by Crippen LogP contribution is -2.15. The van der Waals surface area contributed by atoms with E-state index in [9.17, 15) is 0 Å². The maximum absolute atomic E-state index is 2.44. The van der Waals surface area contributed by atoms with Crippen molar-refractivity contribution < 1.29 is 0 Å². The monoisotopic (exact) mass is 778 g/mol. The number of fused-ring (bicyclic) bond motifs is 13. The molecule has 0 atom stereocenters. The lowest BCUT2D eigenvalue weighted by atomic mass is 9.80. The first-order chi connectivity index (χ1) is 29.5. The zero-order valence-electron chi connectivity index (χ0n) is 33.4. The number of hydrogen-bond donors (Lipinski definition) is 0. The Hall–Kier alpha value is -7.06. The normalized spacial score (nSPS) is 13.3. The topological polar surface area (TPSA) is 0 Å².